The number of hydrogen-bond donors (Lipinski definition) is 3. The fraction of sp³-hybridized carbons (Fsp3) is 0.500. The van der Waals surface area contributed by atoms with Crippen molar-refractivity contribution in [2.24, 2.45) is 5.92 Å². The van der Waals surface area contributed by atoms with Gasteiger partial charge in [-0.3, -0.25) is 4.79 Å². The van der Waals surface area contributed by atoms with Gasteiger partial charge in [-0.05, 0) is 58.6 Å². The van der Waals surface area contributed by atoms with Gasteiger partial charge in [-0.1, -0.05) is 32.0 Å². The Balaban J connectivity index is 1.92. The van der Waals surface area contributed by atoms with E-state index < -0.39 is 35.7 Å². The predicted octanol–water partition coefficient (Wildman–Crippen LogP) is 4.98. The number of ether oxygens (including phenoxy) is 2. The van der Waals surface area contributed by atoms with E-state index in [0.29, 0.717) is 18.6 Å². The molecule has 0 bridgehead atoms. The number of carbonyl (C=O) groups is 3. The second-order valence-corrected chi connectivity index (χ2v) is 10.6. The van der Waals surface area contributed by atoms with Crippen LogP contribution in [-0.4, -0.2) is 46.2 Å². The molecule has 0 aliphatic carbocycles. The van der Waals surface area contributed by atoms with Crippen LogP contribution in [0.2, 0.25) is 0 Å². The molecule has 2 atom stereocenters. The van der Waals surface area contributed by atoms with Crippen molar-refractivity contribution in [3.05, 3.63) is 53.4 Å². The Labute approximate surface area is 222 Å². The minimum absolute atomic E-state index is 0.0608. The van der Waals surface area contributed by atoms with Crippen LogP contribution in [0.4, 0.5) is 4.79 Å². The van der Waals surface area contributed by atoms with Crippen LogP contribution in [0, 0.1) is 12.8 Å². The Hall–Kier alpha value is -3.82. The van der Waals surface area contributed by atoms with E-state index in [1.807, 2.05) is 44.3 Å². The summed E-state index contributed by atoms with van der Waals surface area (Å²) in [6, 6.07) is 6.24. The molecule has 0 saturated heterocycles. The number of esters is 1. The Kier molecular flexibility index (Phi) is 9.19. The number of aryl methyl sites for hydroxylation is 1. The highest BCUT2D eigenvalue weighted by molar-refractivity contribution is 5.88. The molecule has 38 heavy (non-hydrogen) atoms. The molecule has 3 aromatic rings. The number of fused-ring (bicyclic) bond motifs is 1. The van der Waals surface area contributed by atoms with E-state index in [1.165, 1.54) is 0 Å². The van der Waals surface area contributed by atoms with Crippen molar-refractivity contribution in [3.63, 3.8) is 0 Å². The molecule has 2 amide bonds. The number of aromatic amines is 1. The van der Waals surface area contributed by atoms with Crippen LogP contribution in [0.3, 0.4) is 0 Å². The third-order valence-corrected chi connectivity index (χ3v) is 5.71. The molecule has 1 aromatic carbocycles. The van der Waals surface area contributed by atoms with Gasteiger partial charge < -0.3 is 29.5 Å². The standard InChI is InChI=1S/C28H38N4O6/c1-8-36-26(34)23-17(4)37-25(32-23)22(14-18-15-29-20-12-10-9-11-19(18)20)30-24(33)21(13-16(2)3)31-27(35)38-28(5,6)7/h9-12,15-16,21-22,29H,8,13-14H2,1-7H3,(H,30,33)(H,31,35)/t21-,22+/m0/s1. The molecule has 3 rings (SSSR count). The average molecular weight is 527 g/mol. The van der Waals surface area contributed by atoms with Crippen LogP contribution >= 0.6 is 0 Å². The first-order valence-electron chi connectivity index (χ1n) is 12.9. The van der Waals surface area contributed by atoms with Crippen molar-refractivity contribution in [2.75, 3.05) is 6.61 Å². The van der Waals surface area contributed by atoms with Crippen LogP contribution in [0.5, 0.6) is 0 Å². The zero-order valence-corrected chi connectivity index (χ0v) is 23.1. The molecule has 0 aliphatic rings. The van der Waals surface area contributed by atoms with Gasteiger partial charge in [-0.15, -0.1) is 0 Å². The molecule has 0 radical (unpaired) electrons. The number of amides is 2. The monoisotopic (exact) mass is 526 g/mol. The number of aromatic nitrogens is 2. The third-order valence-electron chi connectivity index (χ3n) is 5.71. The predicted molar refractivity (Wildman–Crippen MR) is 143 cm³/mol. The number of benzene rings is 1. The third kappa shape index (κ3) is 7.60. The first-order chi connectivity index (χ1) is 17.9. The van der Waals surface area contributed by atoms with E-state index in [9.17, 15) is 14.4 Å². The Bertz CT molecular complexity index is 1270. The highest BCUT2D eigenvalue weighted by Gasteiger charge is 2.31. The fourth-order valence-corrected chi connectivity index (χ4v) is 4.10. The minimum atomic E-state index is -0.851. The Morgan fingerprint density at radius 3 is 2.50 bits per heavy atom. The van der Waals surface area contributed by atoms with Crippen molar-refractivity contribution < 1.29 is 28.3 Å². The van der Waals surface area contributed by atoms with Gasteiger partial charge >= 0.3 is 12.1 Å². The van der Waals surface area contributed by atoms with Crippen LogP contribution < -0.4 is 10.6 Å². The van der Waals surface area contributed by atoms with Crippen molar-refractivity contribution in [1.82, 2.24) is 20.6 Å². The van der Waals surface area contributed by atoms with E-state index in [0.717, 1.165) is 16.5 Å². The minimum Gasteiger partial charge on any atom is -0.461 e. The van der Waals surface area contributed by atoms with Gasteiger partial charge in [0.2, 0.25) is 11.8 Å². The summed E-state index contributed by atoms with van der Waals surface area (Å²) in [4.78, 5) is 46.0. The summed E-state index contributed by atoms with van der Waals surface area (Å²) in [5.74, 6) is -0.427. The van der Waals surface area contributed by atoms with Gasteiger partial charge in [0.1, 0.15) is 23.4 Å². The lowest BCUT2D eigenvalue weighted by atomic mass is 10.0. The summed E-state index contributed by atoms with van der Waals surface area (Å²) in [6.07, 6.45) is 1.92. The molecule has 10 heteroatoms. The first kappa shape index (κ1) is 28.7. The largest absolute Gasteiger partial charge is 0.461 e. The number of para-hydroxylation sites is 1. The van der Waals surface area contributed by atoms with Gasteiger partial charge in [-0.2, -0.15) is 0 Å². The van der Waals surface area contributed by atoms with Gasteiger partial charge in [0.05, 0.1) is 6.61 Å². The second-order valence-electron chi connectivity index (χ2n) is 10.6. The van der Waals surface area contributed by atoms with Crippen molar-refractivity contribution in [2.45, 2.75) is 79.0 Å². The molecular formula is C28H38N4O6. The van der Waals surface area contributed by atoms with E-state index in [1.54, 1.807) is 34.6 Å². The Morgan fingerprint density at radius 1 is 1.13 bits per heavy atom. The first-order valence-corrected chi connectivity index (χ1v) is 12.9. The zero-order chi connectivity index (χ0) is 28.0. The molecule has 0 saturated carbocycles. The maximum Gasteiger partial charge on any atom is 0.408 e. The highest BCUT2D eigenvalue weighted by Crippen LogP contribution is 2.26. The highest BCUT2D eigenvalue weighted by atomic mass is 16.6. The molecule has 3 N–H and O–H groups in total. The van der Waals surface area contributed by atoms with E-state index in [-0.39, 0.29) is 24.1 Å². The number of nitrogens with one attached hydrogen (secondary N) is 3. The van der Waals surface area contributed by atoms with E-state index in [4.69, 9.17) is 13.9 Å². The summed E-state index contributed by atoms with van der Waals surface area (Å²) in [7, 11) is 0. The number of nitrogens with zero attached hydrogens (tertiary/aromatic N) is 1. The summed E-state index contributed by atoms with van der Waals surface area (Å²) < 4.78 is 16.3. The number of alkyl carbamates (subject to hydrolysis) is 1. The molecule has 10 nitrogen and oxygen atoms in total. The van der Waals surface area contributed by atoms with Crippen LogP contribution in [0.1, 0.15) is 81.7 Å². The number of oxazole rings is 1. The molecule has 2 aromatic heterocycles. The number of carbonyl (C=O) groups excluding carboxylic acids is 3. The lowest BCUT2D eigenvalue weighted by molar-refractivity contribution is -0.124. The van der Waals surface area contributed by atoms with Crippen LogP contribution in [0.15, 0.2) is 34.9 Å². The molecule has 0 unspecified atom stereocenters. The molecule has 2 heterocycles. The van der Waals surface area contributed by atoms with Crippen molar-refractivity contribution >= 4 is 28.9 Å². The normalized spacial score (nSPS) is 13.3. The SMILES string of the molecule is CCOC(=O)c1nc([C@@H](Cc2c[nH]c3ccccc23)NC(=O)[C@H](CC(C)C)NC(=O)OC(C)(C)C)oc1C. The Morgan fingerprint density at radius 2 is 1.84 bits per heavy atom. The van der Waals surface area contributed by atoms with Gasteiger partial charge in [0.25, 0.3) is 0 Å². The summed E-state index contributed by atoms with van der Waals surface area (Å²) in [5.41, 5.74) is 1.23. The van der Waals surface area contributed by atoms with Crippen molar-refractivity contribution in [3.8, 4) is 0 Å². The number of hydrogen-bond acceptors (Lipinski definition) is 7. The number of H-pyrrole nitrogens is 1. The zero-order valence-electron chi connectivity index (χ0n) is 23.1. The second kappa shape index (κ2) is 12.1. The van der Waals surface area contributed by atoms with E-state index >= 15 is 0 Å². The summed E-state index contributed by atoms with van der Waals surface area (Å²) in [5, 5.41) is 6.68. The maximum absolute atomic E-state index is 13.5. The van der Waals surface area contributed by atoms with Crippen LogP contribution in [0.25, 0.3) is 10.9 Å². The average Bonchev–Trinajstić information content (AvgIpc) is 3.40. The van der Waals surface area contributed by atoms with Crippen molar-refractivity contribution in [1.29, 1.82) is 0 Å². The number of rotatable bonds is 10. The van der Waals surface area contributed by atoms with Gasteiger partial charge in [0, 0.05) is 23.5 Å². The molecule has 206 valence electrons. The summed E-state index contributed by atoms with van der Waals surface area (Å²) in [6.45, 7) is 12.7. The molecule has 0 spiro atoms. The molecular weight excluding hydrogens is 488 g/mol. The lowest BCUT2D eigenvalue weighted by Gasteiger charge is -2.25. The van der Waals surface area contributed by atoms with Gasteiger partial charge in [-0.25, -0.2) is 14.6 Å². The smallest absolute Gasteiger partial charge is 0.408 e. The lowest BCUT2D eigenvalue weighted by Crippen LogP contribution is -2.49. The summed E-state index contributed by atoms with van der Waals surface area (Å²) >= 11 is 0. The molecule has 0 fully saturated rings. The quantitative estimate of drug-likeness (QED) is 0.317. The molecule has 0 aliphatic heterocycles. The van der Waals surface area contributed by atoms with Crippen LogP contribution in [-0.2, 0) is 20.7 Å². The van der Waals surface area contributed by atoms with E-state index in [2.05, 4.69) is 20.6 Å². The van der Waals surface area contributed by atoms with Gasteiger partial charge in [0.15, 0.2) is 5.69 Å². The topological polar surface area (TPSA) is 136 Å². The maximum atomic E-state index is 13.5. The fourth-order valence-electron chi connectivity index (χ4n) is 4.10.